The molecule has 1 atom stereocenters. The molecule has 1 aromatic heterocycles. The number of carbonyl (C=O) groups is 1. The normalized spacial score (nSPS) is 12.2. The fourth-order valence-electron chi connectivity index (χ4n) is 1.43. The summed E-state index contributed by atoms with van der Waals surface area (Å²) in [7, 11) is 1.52. The van der Waals surface area contributed by atoms with E-state index in [-0.39, 0.29) is 23.2 Å². The predicted molar refractivity (Wildman–Crippen MR) is 61.3 cm³/mol. The summed E-state index contributed by atoms with van der Waals surface area (Å²) >= 11 is 0. The van der Waals surface area contributed by atoms with Gasteiger partial charge in [0.1, 0.15) is 5.69 Å². The first-order valence-corrected chi connectivity index (χ1v) is 5.39. The number of hydrogen-bond acceptors (Lipinski definition) is 3. The molecule has 1 amide bonds. The molecule has 0 aliphatic carbocycles. The Morgan fingerprint density at radius 3 is 2.81 bits per heavy atom. The molecule has 0 spiro atoms. The van der Waals surface area contributed by atoms with Crippen LogP contribution in [0.1, 0.15) is 37.2 Å². The van der Waals surface area contributed by atoms with E-state index in [0.717, 1.165) is 17.5 Å². The lowest BCUT2D eigenvalue weighted by molar-refractivity contribution is 0.0931. The molecule has 0 fully saturated rings. The Labute approximate surface area is 94.5 Å². The van der Waals surface area contributed by atoms with Crippen molar-refractivity contribution in [3.8, 4) is 0 Å². The third-order valence-electron chi connectivity index (χ3n) is 2.29. The van der Waals surface area contributed by atoms with Crippen molar-refractivity contribution >= 4 is 5.91 Å². The first-order valence-electron chi connectivity index (χ1n) is 5.39. The molecular formula is C11H17N3O2. The summed E-state index contributed by atoms with van der Waals surface area (Å²) in [6, 6.07) is 2.90. The largest absolute Gasteiger partial charge is 0.348 e. The highest BCUT2D eigenvalue weighted by Crippen LogP contribution is 1.97. The zero-order valence-electron chi connectivity index (χ0n) is 9.86. The summed E-state index contributed by atoms with van der Waals surface area (Å²) < 4.78 is 1.15. The number of nitrogens with zero attached hydrogens (tertiary/aromatic N) is 2. The maximum Gasteiger partial charge on any atom is 0.271 e. The fraction of sp³-hybridized carbons (Fsp3) is 0.545. The Bertz CT molecular complexity index is 425. The zero-order chi connectivity index (χ0) is 12.1. The van der Waals surface area contributed by atoms with Gasteiger partial charge in [-0.1, -0.05) is 13.3 Å². The molecule has 0 aliphatic rings. The fourth-order valence-corrected chi connectivity index (χ4v) is 1.43. The van der Waals surface area contributed by atoms with Crippen molar-refractivity contribution < 1.29 is 4.79 Å². The molecule has 5 heteroatoms. The average molecular weight is 223 g/mol. The van der Waals surface area contributed by atoms with Crippen LogP contribution in [0.2, 0.25) is 0 Å². The second kappa shape index (κ2) is 5.44. The van der Waals surface area contributed by atoms with E-state index in [4.69, 9.17) is 0 Å². The Balaban J connectivity index is 2.73. The lowest BCUT2D eigenvalue weighted by atomic mass is 10.2. The summed E-state index contributed by atoms with van der Waals surface area (Å²) in [5.41, 5.74) is 0.0446. The van der Waals surface area contributed by atoms with E-state index in [2.05, 4.69) is 17.3 Å². The first-order chi connectivity index (χ1) is 7.54. The second-order valence-electron chi connectivity index (χ2n) is 3.84. The molecule has 1 heterocycles. The van der Waals surface area contributed by atoms with Crippen LogP contribution in [0.3, 0.4) is 0 Å². The van der Waals surface area contributed by atoms with Crippen LogP contribution in [-0.2, 0) is 7.05 Å². The summed E-state index contributed by atoms with van der Waals surface area (Å²) in [4.78, 5) is 22.8. The monoisotopic (exact) mass is 223 g/mol. The van der Waals surface area contributed by atoms with Crippen molar-refractivity contribution in [3.05, 3.63) is 28.2 Å². The Morgan fingerprint density at radius 2 is 2.25 bits per heavy atom. The van der Waals surface area contributed by atoms with E-state index in [9.17, 15) is 9.59 Å². The Kier molecular flexibility index (Phi) is 4.22. The van der Waals surface area contributed by atoms with E-state index < -0.39 is 0 Å². The highest BCUT2D eigenvalue weighted by atomic mass is 16.2. The van der Waals surface area contributed by atoms with Crippen LogP contribution < -0.4 is 10.9 Å². The minimum absolute atomic E-state index is 0.122. The number of aromatic nitrogens is 2. The Morgan fingerprint density at radius 1 is 1.56 bits per heavy atom. The van der Waals surface area contributed by atoms with Gasteiger partial charge in [-0.25, -0.2) is 4.68 Å². The smallest absolute Gasteiger partial charge is 0.271 e. The van der Waals surface area contributed by atoms with Crippen molar-refractivity contribution in [2.45, 2.75) is 32.7 Å². The number of carbonyl (C=O) groups excluding carboxylic acids is 1. The highest BCUT2D eigenvalue weighted by molar-refractivity contribution is 5.92. The molecule has 5 nitrogen and oxygen atoms in total. The third kappa shape index (κ3) is 3.18. The number of aryl methyl sites for hydroxylation is 1. The highest BCUT2D eigenvalue weighted by Gasteiger charge is 2.11. The molecule has 1 aromatic rings. The van der Waals surface area contributed by atoms with Gasteiger partial charge in [-0.05, 0) is 19.4 Å². The van der Waals surface area contributed by atoms with Gasteiger partial charge < -0.3 is 5.32 Å². The SMILES string of the molecule is CCC[C@@H](C)NC(=O)c1ccc(=O)n(C)n1. The summed E-state index contributed by atoms with van der Waals surface area (Å²) in [5.74, 6) is -0.239. The Hall–Kier alpha value is -1.65. The maximum absolute atomic E-state index is 11.7. The van der Waals surface area contributed by atoms with Crippen LogP contribution in [0.15, 0.2) is 16.9 Å². The summed E-state index contributed by atoms with van der Waals surface area (Å²) in [6.07, 6.45) is 1.94. The zero-order valence-corrected chi connectivity index (χ0v) is 9.86. The van der Waals surface area contributed by atoms with Crippen LogP contribution in [0.5, 0.6) is 0 Å². The van der Waals surface area contributed by atoms with Crippen molar-refractivity contribution in [2.75, 3.05) is 0 Å². The first kappa shape index (κ1) is 12.4. The van der Waals surface area contributed by atoms with Gasteiger partial charge in [0.25, 0.3) is 11.5 Å². The van der Waals surface area contributed by atoms with Crippen LogP contribution >= 0.6 is 0 Å². The molecule has 0 aliphatic heterocycles. The molecule has 16 heavy (non-hydrogen) atoms. The molecule has 0 bridgehead atoms. The van der Waals surface area contributed by atoms with Gasteiger partial charge in [-0.2, -0.15) is 5.10 Å². The molecule has 0 unspecified atom stereocenters. The molecule has 0 saturated carbocycles. The number of rotatable bonds is 4. The lowest BCUT2D eigenvalue weighted by Crippen LogP contribution is -2.34. The van der Waals surface area contributed by atoms with E-state index >= 15 is 0 Å². The van der Waals surface area contributed by atoms with Crippen LogP contribution in [0, 0.1) is 0 Å². The van der Waals surface area contributed by atoms with Gasteiger partial charge in [0.2, 0.25) is 0 Å². The van der Waals surface area contributed by atoms with Gasteiger partial charge >= 0.3 is 0 Å². The topological polar surface area (TPSA) is 64.0 Å². The van der Waals surface area contributed by atoms with Gasteiger partial charge in [0, 0.05) is 19.2 Å². The van der Waals surface area contributed by atoms with E-state index in [0.29, 0.717) is 0 Å². The van der Waals surface area contributed by atoms with E-state index in [1.165, 1.54) is 19.2 Å². The van der Waals surface area contributed by atoms with Crippen LogP contribution in [0.25, 0.3) is 0 Å². The standard InChI is InChI=1S/C11H17N3O2/c1-4-5-8(2)12-11(16)9-6-7-10(15)14(3)13-9/h6-8H,4-5H2,1-3H3,(H,12,16)/t8-/m1/s1. The molecule has 1 N–H and O–H groups in total. The van der Waals surface area contributed by atoms with Crippen molar-refractivity contribution in [1.29, 1.82) is 0 Å². The number of amides is 1. The summed E-state index contributed by atoms with van der Waals surface area (Å²) in [5, 5.41) is 6.70. The summed E-state index contributed by atoms with van der Waals surface area (Å²) in [6.45, 7) is 4.01. The molecular weight excluding hydrogens is 206 g/mol. The van der Waals surface area contributed by atoms with Gasteiger partial charge in [-0.3, -0.25) is 9.59 Å². The quantitative estimate of drug-likeness (QED) is 0.817. The van der Waals surface area contributed by atoms with E-state index in [1.807, 2.05) is 6.92 Å². The van der Waals surface area contributed by atoms with Crippen molar-refractivity contribution in [3.63, 3.8) is 0 Å². The maximum atomic E-state index is 11.7. The molecule has 0 radical (unpaired) electrons. The van der Waals surface area contributed by atoms with E-state index in [1.54, 1.807) is 0 Å². The molecule has 1 rings (SSSR count). The van der Waals surface area contributed by atoms with Crippen LogP contribution in [-0.4, -0.2) is 21.7 Å². The minimum atomic E-state index is -0.239. The molecule has 88 valence electrons. The van der Waals surface area contributed by atoms with Gasteiger partial charge in [0.05, 0.1) is 0 Å². The van der Waals surface area contributed by atoms with Gasteiger partial charge in [-0.15, -0.1) is 0 Å². The number of nitrogens with one attached hydrogen (secondary N) is 1. The molecule has 0 saturated heterocycles. The van der Waals surface area contributed by atoms with Crippen molar-refractivity contribution in [2.24, 2.45) is 7.05 Å². The predicted octanol–water partition coefficient (Wildman–Crippen LogP) is 0.699. The average Bonchev–Trinajstić information content (AvgIpc) is 2.22. The second-order valence-corrected chi connectivity index (χ2v) is 3.84. The van der Waals surface area contributed by atoms with Gasteiger partial charge in [0.15, 0.2) is 0 Å². The minimum Gasteiger partial charge on any atom is -0.348 e. The number of hydrogen-bond donors (Lipinski definition) is 1. The van der Waals surface area contributed by atoms with Crippen LogP contribution in [0.4, 0.5) is 0 Å². The molecule has 0 aromatic carbocycles. The van der Waals surface area contributed by atoms with Crippen molar-refractivity contribution in [1.82, 2.24) is 15.1 Å². The third-order valence-corrected chi connectivity index (χ3v) is 2.29. The lowest BCUT2D eigenvalue weighted by Gasteiger charge is -2.12.